The van der Waals surface area contributed by atoms with Crippen molar-refractivity contribution >= 4 is 0 Å². The van der Waals surface area contributed by atoms with Crippen LogP contribution in [0.15, 0.2) is 51.9 Å². The van der Waals surface area contributed by atoms with Gasteiger partial charge >= 0.3 is 134 Å². The minimum Gasteiger partial charge on any atom is -1.00 e. The number of hydrogen-bond acceptors (Lipinski definition) is 1. The first-order chi connectivity index (χ1) is 9.81. The predicted molar refractivity (Wildman–Crippen MR) is 80.1 cm³/mol. The van der Waals surface area contributed by atoms with Gasteiger partial charge in [-0.1, -0.05) is 0 Å². The second kappa shape index (κ2) is 12.4. The van der Waals surface area contributed by atoms with Gasteiger partial charge in [0, 0.05) is 0 Å². The van der Waals surface area contributed by atoms with Crippen LogP contribution in [0, 0.1) is 0 Å². The third kappa shape index (κ3) is 7.02. The van der Waals surface area contributed by atoms with Gasteiger partial charge in [-0.15, -0.1) is 0 Å². The number of rotatable bonds is 8. The summed E-state index contributed by atoms with van der Waals surface area (Å²) in [5, 5.41) is 0. The number of allylic oxidation sites excluding steroid dienone is 4. The van der Waals surface area contributed by atoms with Crippen molar-refractivity contribution in [3.05, 3.63) is 57.5 Å². The minimum absolute atomic E-state index is 0. The van der Waals surface area contributed by atoms with Gasteiger partial charge < -0.3 is 24.8 Å². The van der Waals surface area contributed by atoms with E-state index in [-0.39, 0.29) is 30.9 Å². The molecular formula is C18H23Cl2OTi. The monoisotopic (exact) mass is 373 g/mol. The number of benzene rings is 1. The van der Waals surface area contributed by atoms with Gasteiger partial charge in [-0.2, -0.15) is 0 Å². The number of hydrogen-bond donors (Lipinski definition) is 0. The Morgan fingerprint density at radius 3 is 2.50 bits per heavy atom. The molecule has 1 aromatic carbocycles. The standard InChI is InChI=1S/C18H23O.2ClH.Ti/c1-2-3-15-19-18(17-11-5-4-6-12-17)14-13-16-9-7-8-10-16;;;/h4-7,9,11-12,18H,2-3,8,13-15H2,1H3;2*1H;/q;;;+2/p-2. The molecule has 0 saturated carbocycles. The van der Waals surface area contributed by atoms with E-state index in [9.17, 15) is 0 Å². The first-order valence-corrected chi connectivity index (χ1v) is 8.36. The topological polar surface area (TPSA) is 9.23 Å². The van der Waals surface area contributed by atoms with E-state index in [1.165, 1.54) is 21.4 Å². The molecule has 4 heteroatoms. The summed E-state index contributed by atoms with van der Waals surface area (Å²) in [6.07, 6.45) is 10.4. The van der Waals surface area contributed by atoms with Crippen molar-refractivity contribution in [2.45, 2.75) is 45.1 Å². The fourth-order valence-corrected chi connectivity index (χ4v) is 2.96. The largest absolute Gasteiger partial charge is 1.00 e. The molecule has 2 rings (SSSR count). The second-order valence-corrected chi connectivity index (χ2v) is 6.22. The average Bonchev–Trinajstić information content (AvgIpc) is 2.89. The number of unbranched alkanes of at least 4 members (excludes halogenated alkanes) is 1. The Balaban J connectivity index is 0.00000220. The third-order valence-electron chi connectivity index (χ3n) is 3.69. The third-order valence-corrected chi connectivity index (χ3v) is 4.51. The van der Waals surface area contributed by atoms with Crippen LogP contribution in [-0.4, -0.2) is 6.61 Å². The summed E-state index contributed by atoms with van der Waals surface area (Å²) in [6.45, 7) is 3.07. The quantitative estimate of drug-likeness (QED) is 0.423. The van der Waals surface area contributed by atoms with Crippen molar-refractivity contribution < 1.29 is 50.0 Å². The van der Waals surface area contributed by atoms with Gasteiger partial charge in [0.05, 0.1) is 0 Å². The maximum absolute atomic E-state index is 6.12. The van der Waals surface area contributed by atoms with Crippen molar-refractivity contribution in [2.24, 2.45) is 0 Å². The van der Waals surface area contributed by atoms with Gasteiger partial charge in [0.2, 0.25) is 0 Å². The molecule has 0 heterocycles. The molecule has 119 valence electrons. The van der Waals surface area contributed by atoms with E-state index in [1.54, 1.807) is 0 Å². The predicted octanol–water partition coefficient (Wildman–Crippen LogP) is -0.907. The molecular weight excluding hydrogens is 351 g/mol. The molecule has 0 spiro atoms. The van der Waals surface area contributed by atoms with Gasteiger partial charge in [0.25, 0.3) is 0 Å². The fourth-order valence-electron chi connectivity index (χ4n) is 2.46. The summed E-state index contributed by atoms with van der Waals surface area (Å²) in [5.74, 6) is 0. The summed E-state index contributed by atoms with van der Waals surface area (Å²) in [7, 11) is 0. The molecule has 0 amide bonds. The summed E-state index contributed by atoms with van der Waals surface area (Å²) in [5.41, 5.74) is 2.81. The molecule has 1 nitrogen and oxygen atoms in total. The summed E-state index contributed by atoms with van der Waals surface area (Å²) >= 11 is 2.24. The molecule has 1 aromatic rings. The Morgan fingerprint density at radius 1 is 1.18 bits per heavy atom. The smallest absolute Gasteiger partial charge is 1.00 e. The molecule has 1 aliphatic carbocycles. The van der Waals surface area contributed by atoms with Crippen molar-refractivity contribution in [1.82, 2.24) is 0 Å². The van der Waals surface area contributed by atoms with Crippen molar-refractivity contribution in [1.29, 1.82) is 0 Å². The van der Waals surface area contributed by atoms with Gasteiger partial charge in [0.1, 0.15) is 0 Å². The van der Waals surface area contributed by atoms with E-state index in [0.717, 1.165) is 32.3 Å². The Kier molecular flexibility index (Phi) is 12.4. The summed E-state index contributed by atoms with van der Waals surface area (Å²) < 4.78 is 7.64. The van der Waals surface area contributed by atoms with Crippen LogP contribution in [0.4, 0.5) is 0 Å². The minimum atomic E-state index is 0. The SMILES string of the molecule is CCCCOC(CCC1=[C]([Ti+2])CC=C1)c1ccccc1.[Cl-].[Cl-]. The van der Waals surface area contributed by atoms with Crippen molar-refractivity contribution in [3.8, 4) is 0 Å². The Labute approximate surface area is 158 Å². The first-order valence-electron chi connectivity index (χ1n) is 7.58. The Bertz CT molecular complexity index is 471. The molecule has 1 atom stereocenters. The van der Waals surface area contributed by atoms with Crippen LogP contribution >= 0.6 is 0 Å². The maximum Gasteiger partial charge on any atom is -1.00 e. The van der Waals surface area contributed by atoms with Gasteiger partial charge in [0.15, 0.2) is 0 Å². The number of halogens is 2. The van der Waals surface area contributed by atoms with E-state index in [0.29, 0.717) is 0 Å². The van der Waals surface area contributed by atoms with Crippen LogP contribution in [0.1, 0.15) is 50.7 Å². The fraction of sp³-hybridized carbons (Fsp3) is 0.444. The zero-order valence-electron chi connectivity index (χ0n) is 13.0. The van der Waals surface area contributed by atoms with Gasteiger partial charge in [-0.05, 0) is 0 Å². The molecule has 0 aromatic heterocycles. The number of ether oxygens (including phenoxy) is 1. The van der Waals surface area contributed by atoms with Crippen LogP contribution in [0.5, 0.6) is 0 Å². The Morgan fingerprint density at radius 2 is 1.91 bits per heavy atom. The van der Waals surface area contributed by atoms with E-state index in [1.807, 2.05) is 0 Å². The van der Waals surface area contributed by atoms with E-state index < -0.39 is 0 Å². The average molecular weight is 374 g/mol. The molecule has 1 unspecified atom stereocenters. The zero-order chi connectivity index (χ0) is 14.2. The zero-order valence-corrected chi connectivity index (χ0v) is 16.1. The molecule has 1 aliphatic rings. The molecule has 0 fully saturated rings. The van der Waals surface area contributed by atoms with Crippen LogP contribution in [-0.2, 0) is 25.2 Å². The van der Waals surface area contributed by atoms with Gasteiger partial charge in [-0.25, -0.2) is 0 Å². The molecule has 0 radical (unpaired) electrons. The molecule has 0 N–H and O–H groups in total. The first kappa shape index (κ1) is 22.0. The van der Waals surface area contributed by atoms with Crippen LogP contribution in [0.3, 0.4) is 0 Å². The second-order valence-electron chi connectivity index (χ2n) is 5.27. The van der Waals surface area contributed by atoms with Crippen molar-refractivity contribution in [3.63, 3.8) is 0 Å². The molecule has 0 saturated heterocycles. The molecule has 0 bridgehead atoms. The normalized spacial score (nSPS) is 14.5. The Hall–Kier alpha value is -0.0457. The van der Waals surface area contributed by atoms with E-state index in [4.69, 9.17) is 4.74 Å². The van der Waals surface area contributed by atoms with Crippen molar-refractivity contribution in [2.75, 3.05) is 6.61 Å². The van der Waals surface area contributed by atoms with Crippen LogP contribution in [0.25, 0.3) is 0 Å². The maximum atomic E-state index is 6.12. The molecule has 22 heavy (non-hydrogen) atoms. The van der Waals surface area contributed by atoms with Gasteiger partial charge in [-0.3, -0.25) is 0 Å². The van der Waals surface area contributed by atoms with Crippen LogP contribution < -0.4 is 24.8 Å². The summed E-state index contributed by atoms with van der Waals surface area (Å²) in [4.78, 5) is 0. The van der Waals surface area contributed by atoms with E-state index in [2.05, 4.69) is 69.8 Å². The summed E-state index contributed by atoms with van der Waals surface area (Å²) in [6, 6.07) is 10.6. The van der Waals surface area contributed by atoms with E-state index >= 15 is 0 Å². The van der Waals surface area contributed by atoms with Crippen LogP contribution in [0.2, 0.25) is 0 Å². The molecule has 0 aliphatic heterocycles.